The molecule has 1 unspecified atom stereocenters. The van der Waals surface area contributed by atoms with Crippen LogP contribution < -0.4 is 0 Å². The van der Waals surface area contributed by atoms with Crippen molar-refractivity contribution in [2.45, 2.75) is 68.2 Å². The summed E-state index contributed by atoms with van der Waals surface area (Å²) in [6, 6.07) is 50.3. The van der Waals surface area contributed by atoms with Gasteiger partial charge in [-0.2, -0.15) is 0 Å². The molecule has 7 rings (SSSR count). The van der Waals surface area contributed by atoms with Crippen LogP contribution in [-0.4, -0.2) is 5.71 Å². The molecule has 0 saturated carbocycles. The summed E-state index contributed by atoms with van der Waals surface area (Å²) in [6.07, 6.45) is 13.5. The SMILES string of the molecule is C=C(/C=C(\N=C(C)c1cccc(C)c1C(/C=C\CC)=C(C)C)c1cccc(C)c1-c1cc(C2=CC(c3ccc(-c4ccccc4)cc3)=CCC2C)ccc1C)c1ccccc1. The molecule has 0 amide bonds. The van der Waals surface area contributed by atoms with E-state index in [1.807, 2.05) is 6.07 Å². The van der Waals surface area contributed by atoms with Gasteiger partial charge in [0.1, 0.15) is 0 Å². The number of hydrogen-bond donors (Lipinski definition) is 0. The molecule has 1 atom stereocenters. The van der Waals surface area contributed by atoms with Crippen molar-refractivity contribution in [2.24, 2.45) is 10.9 Å². The fourth-order valence-corrected chi connectivity index (χ4v) is 8.54. The number of aliphatic imine (C=N–C) groups is 1. The zero-order valence-electron chi connectivity index (χ0n) is 37.3. The van der Waals surface area contributed by atoms with E-state index in [1.165, 1.54) is 77.9 Å². The monoisotopic (exact) mass is 793 g/mol. The molecule has 6 aromatic carbocycles. The van der Waals surface area contributed by atoms with Gasteiger partial charge in [0.25, 0.3) is 0 Å². The molecule has 1 aliphatic carbocycles. The van der Waals surface area contributed by atoms with Gasteiger partial charge in [-0.1, -0.05) is 184 Å². The summed E-state index contributed by atoms with van der Waals surface area (Å²) in [7, 11) is 0. The van der Waals surface area contributed by atoms with Gasteiger partial charge in [-0.05, 0) is 156 Å². The van der Waals surface area contributed by atoms with Crippen LogP contribution in [0.4, 0.5) is 0 Å². The first-order valence-electron chi connectivity index (χ1n) is 21.8. The van der Waals surface area contributed by atoms with Crippen molar-refractivity contribution in [3.8, 4) is 22.3 Å². The Labute approximate surface area is 365 Å². The molecule has 0 aromatic heterocycles. The average Bonchev–Trinajstić information content (AvgIpc) is 3.27. The Bertz CT molecular complexity index is 2740. The fourth-order valence-electron chi connectivity index (χ4n) is 8.54. The molecule has 0 N–H and O–H groups in total. The molecule has 61 heavy (non-hydrogen) atoms. The molecular weight excluding hydrogens is 735 g/mol. The van der Waals surface area contributed by atoms with E-state index in [9.17, 15) is 0 Å². The molecule has 0 fully saturated rings. The number of aryl methyl sites for hydroxylation is 3. The van der Waals surface area contributed by atoms with Crippen molar-refractivity contribution in [1.29, 1.82) is 0 Å². The van der Waals surface area contributed by atoms with E-state index in [0.29, 0.717) is 5.92 Å². The molecule has 0 spiro atoms. The van der Waals surface area contributed by atoms with E-state index < -0.39 is 0 Å². The van der Waals surface area contributed by atoms with Crippen LogP contribution in [-0.2, 0) is 0 Å². The van der Waals surface area contributed by atoms with Crippen LogP contribution in [0.3, 0.4) is 0 Å². The standard InChI is InChI=1S/C60H59N/c1-10-11-26-53(40(2)3)59-43(6)20-18-27-54(59)46(9)61-58(37-45(8)47-22-14-12-15-23-47)55-28-19-21-44(7)60(55)57-39-52(32-30-42(57)5)56-38-51(31-29-41(56)4)50-35-33-49(34-36-50)48-24-16-13-17-25-48/h11-28,30-39,41H,8,10,29H2,1-7,9H3/b26-11-,58-37-,61-46?. The maximum Gasteiger partial charge on any atom is 0.0717 e. The third kappa shape index (κ3) is 9.58. The van der Waals surface area contributed by atoms with Gasteiger partial charge >= 0.3 is 0 Å². The quantitative estimate of drug-likeness (QED) is 0.0864. The number of hydrogen-bond acceptors (Lipinski definition) is 1. The second kappa shape index (κ2) is 19.2. The first-order chi connectivity index (χ1) is 29.5. The minimum Gasteiger partial charge on any atom is -0.252 e. The molecule has 1 heteroatoms. The van der Waals surface area contributed by atoms with Gasteiger partial charge in [0, 0.05) is 16.8 Å². The van der Waals surface area contributed by atoms with E-state index in [1.54, 1.807) is 0 Å². The number of rotatable bonds is 12. The molecule has 0 aliphatic heterocycles. The van der Waals surface area contributed by atoms with Gasteiger partial charge in [-0.3, -0.25) is 4.99 Å². The molecule has 0 saturated heterocycles. The summed E-state index contributed by atoms with van der Waals surface area (Å²) in [6.45, 7) is 22.4. The summed E-state index contributed by atoms with van der Waals surface area (Å²) >= 11 is 0. The lowest BCUT2D eigenvalue weighted by atomic mass is 9.81. The largest absolute Gasteiger partial charge is 0.252 e. The van der Waals surface area contributed by atoms with Crippen molar-refractivity contribution >= 4 is 33.7 Å². The van der Waals surface area contributed by atoms with Gasteiger partial charge in [-0.25, -0.2) is 0 Å². The summed E-state index contributed by atoms with van der Waals surface area (Å²) in [4.78, 5) is 5.61. The molecule has 0 radical (unpaired) electrons. The molecule has 1 nitrogen and oxygen atoms in total. The van der Waals surface area contributed by atoms with Gasteiger partial charge in [-0.15, -0.1) is 0 Å². The summed E-state index contributed by atoms with van der Waals surface area (Å²) in [5.41, 5.74) is 23.5. The zero-order valence-corrected chi connectivity index (χ0v) is 37.3. The number of nitrogens with zero attached hydrogens (tertiary/aromatic N) is 1. The Morgan fingerprint density at radius 1 is 0.672 bits per heavy atom. The topological polar surface area (TPSA) is 12.4 Å². The lowest BCUT2D eigenvalue weighted by Crippen LogP contribution is -2.05. The highest BCUT2D eigenvalue weighted by molar-refractivity contribution is 6.08. The second-order valence-corrected chi connectivity index (χ2v) is 16.7. The smallest absolute Gasteiger partial charge is 0.0717 e. The van der Waals surface area contributed by atoms with Crippen LogP contribution in [0.1, 0.15) is 97.5 Å². The zero-order chi connectivity index (χ0) is 43.0. The number of benzene rings is 6. The van der Waals surface area contributed by atoms with Crippen molar-refractivity contribution in [3.05, 3.63) is 232 Å². The third-order valence-electron chi connectivity index (χ3n) is 12.0. The molecular formula is C60H59N. The van der Waals surface area contributed by atoms with E-state index in [2.05, 4.69) is 226 Å². The molecule has 304 valence electrons. The average molecular weight is 794 g/mol. The maximum absolute atomic E-state index is 5.61. The lowest BCUT2D eigenvalue weighted by Gasteiger charge is -2.23. The Morgan fingerprint density at radius 3 is 1.98 bits per heavy atom. The lowest BCUT2D eigenvalue weighted by molar-refractivity contribution is 0.761. The Kier molecular flexibility index (Phi) is 13.4. The molecule has 6 aromatic rings. The molecule has 1 aliphatic rings. The van der Waals surface area contributed by atoms with Crippen LogP contribution in [0.2, 0.25) is 0 Å². The van der Waals surface area contributed by atoms with Gasteiger partial charge in [0.05, 0.1) is 5.70 Å². The van der Waals surface area contributed by atoms with Crippen LogP contribution in [0.15, 0.2) is 187 Å². The Hall–Kier alpha value is -6.57. The van der Waals surface area contributed by atoms with Crippen molar-refractivity contribution < 1.29 is 0 Å². The Balaban J connectivity index is 1.35. The van der Waals surface area contributed by atoms with E-state index in [0.717, 1.165) is 46.5 Å². The maximum atomic E-state index is 5.61. The predicted octanol–water partition coefficient (Wildman–Crippen LogP) is 16.8. The highest BCUT2D eigenvalue weighted by Gasteiger charge is 2.21. The van der Waals surface area contributed by atoms with Crippen molar-refractivity contribution in [1.82, 2.24) is 0 Å². The molecule has 0 bridgehead atoms. The van der Waals surface area contributed by atoms with Crippen molar-refractivity contribution in [2.75, 3.05) is 0 Å². The second-order valence-electron chi connectivity index (χ2n) is 16.7. The molecule has 0 heterocycles. The van der Waals surface area contributed by atoms with Gasteiger partial charge in [0.15, 0.2) is 0 Å². The van der Waals surface area contributed by atoms with Crippen LogP contribution in [0, 0.1) is 26.7 Å². The first-order valence-corrected chi connectivity index (χ1v) is 21.8. The third-order valence-corrected chi connectivity index (χ3v) is 12.0. The Morgan fingerprint density at radius 2 is 1.30 bits per heavy atom. The highest BCUT2D eigenvalue weighted by Crippen LogP contribution is 2.41. The van der Waals surface area contributed by atoms with E-state index in [-0.39, 0.29) is 0 Å². The first kappa shape index (κ1) is 42.6. The summed E-state index contributed by atoms with van der Waals surface area (Å²) in [5.74, 6) is 0.387. The van der Waals surface area contributed by atoms with Crippen LogP contribution >= 0.6 is 0 Å². The highest BCUT2D eigenvalue weighted by atomic mass is 14.8. The van der Waals surface area contributed by atoms with E-state index in [4.69, 9.17) is 4.99 Å². The summed E-state index contributed by atoms with van der Waals surface area (Å²) in [5, 5.41) is 0. The van der Waals surface area contributed by atoms with Crippen LogP contribution in [0.25, 0.3) is 50.2 Å². The predicted molar refractivity (Wildman–Crippen MR) is 268 cm³/mol. The van der Waals surface area contributed by atoms with Crippen molar-refractivity contribution in [3.63, 3.8) is 0 Å². The minimum absolute atomic E-state index is 0.387. The van der Waals surface area contributed by atoms with E-state index >= 15 is 0 Å². The van der Waals surface area contributed by atoms with Gasteiger partial charge < -0.3 is 0 Å². The summed E-state index contributed by atoms with van der Waals surface area (Å²) < 4.78 is 0. The minimum atomic E-state index is 0.387. The fraction of sp³-hybridized carbons (Fsp3) is 0.183. The number of allylic oxidation sites excluding steroid dienone is 10. The van der Waals surface area contributed by atoms with Crippen LogP contribution in [0.5, 0.6) is 0 Å². The van der Waals surface area contributed by atoms with Gasteiger partial charge in [0.2, 0.25) is 0 Å². The normalized spacial score (nSPS) is 14.5.